The molecular formula is C17H27NO. The molecule has 1 aromatic rings. The lowest BCUT2D eigenvalue weighted by molar-refractivity contribution is -0.117. The first-order valence-corrected chi connectivity index (χ1v) is 6.98. The summed E-state index contributed by atoms with van der Waals surface area (Å²) < 4.78 is 0. The van der Waals surface area contributed by atoms with Gasteiger partial charge in [0.2, 0.25) is 0 Å². The molecule has 0 fully saturated rings. The van der Waals surface area contributed by atoms with E-state index >= 15 is 0 Å². The van der Waals surface area contributed by atoms with Crippen molar-refractivity contribution in [3.63, 3.8) is 0 Å². The number of hydrogen-bond acceptors (Lipinski definition) is 2. The molecule has 0 saturated heterocycles. The second-order valence-corrected chi connectivity index (χ2v) is 5.89. The van der Waals surface area contributed by atoms with E-state index in [1.807, 2.05) is 0 Å². The summed E-state index contributed by atoms with van der Waals surface area (Å²) in [5, 5.41) is 0. The molecule has 0 bridgehead atoms. The van der Waals surface area contributed by atoms with Crippen LogP contribution in [0.1, 0.15) is 53.6 Å². The summed E-state index contributed by atoms with van der Waals surface area (Å²) in [5.74, 6) is 0.270. The van der Waals surface area contributed by atoms with Gasteiger partial charge < -0.3 is 9.69 Å². The molecule has 1 rings (SSSR count). The second kappa shape index (κ2) is 6.33. The number of rotatable bonds is 5. The minimum absolute atomic E-state index is 0.270. The van der Waals surface area contributed by atoms with Crippen molar-refractivity contribution < 1.29 is 4.79 Å². The SMILES string of the molecule is CC(=O)CCC(c1c(C)c(C)cc(C)c1C)N(C)C. The van der Waals surface area contributed by atoms with Gasteiger partial charge in [0.25, 0.3) is 0 Å². The predicted octanol–water partition coefficient (Wildman–Crippen LogP) is 3.89. The molecule has 2 heteroatoms. The molecule has 0 heterocycles. The number of ketones is 1. The molecule has 0 amide bonds. The fraction of sp³-hybridized carbons (Fsp3) is 0.588. The third kappa shape index (κ3) is 3.66. The van der Waals surface area contributed by atoms with Crippen molar-refractivity contribution in [3.05, 3.63) is 33.9 Å². The fourth-order valence-corrected chi connectivity index (χ4v) is 2.75. The van der Waals surface area contributed by atoms with Crippen molar-refractivity contribution in [2.75, 3.05) is 14.1 Å². The van der Waals surface area contributed by atoms with Gasteiger partial charge in [-0.25, -0.2) is 0 Å². The Morgan fingerprint density at radius 1 is 1.11 bits per heavy atom. The van der Waals surface area contributed by atoms with Gasteiger partial charge >= 0.3 is 0 Å². The normalized spacial score (nSPS) is 12.8. The van der Waals surface area contributed by atoms with Crippen LogP contribution in [0.25, 0.3) is 0 Å². The molecule has 1 atom stereocenters. The zero-order valence-electron chi connectivity index (χ0n) is 13.4. The first-order valence-electron chi connectivity index (χ1n) is 6.98. The van der Waals surface area contributed by atoms with E-state index in [9.17, 15) is 4.79 Å². The summed E-state index contributed by atoms with van der Waals surface area (Å²) in [5.41, 5.74) is 6.82. The second-order valence-electron chi connectivity index (χ2n) is 5.89. The van der Waals surface area contributed by atoms with Crippen molar-refractivity contribution >= 4 is 5.78 Å². The highest BCUT2D eigenvalue weighted by Crippen LogP contribution is 2.32. The number of Topliss-reactive ketones (excluding diaryl/α,β-unsaturated/α-hetero) is 1. The molecular weight excluding hydrogens is 234 g/mol. The van der Waals surface area contributed by atoms with Gasteiger partial charge in [-0.05, 0) is 83.0 Å². The Kier molecular flexibility index (Phi) is 5.30. The monoisotopic (exact) mass is 261 g/mol. The van der Waals surface area contributed by atoms with E-state index in [4.69, 9.17) is 0 Å². The average molecular weight is 261 g/mol. The van der Waals surface area contributed by atoms with Crippen LogP contribution in [-0.4, -0.2) is 24.8 Å². The highest BCUT2D eigenvalue weighted by atomic mass is 16.1. The van der Waals surface area contributed by atoms with Crippen molar-refractivity contribution in [1.29, 1.82) is 0 Å². The van der Waals surface area contributed by atoms with Crippen LogP contribution in [0.3, 0.4) is 0 Å². The Bertz CT molecular complexity index is 448. The molecule has 1 aromatic carbocycles. The van der Waals surface area contributed by atoms with Crippen LogP contribution in [-0.2, 0) is 4.79 Å². The Morgan fingerprint density at radius 3 is 1.95 bits per heavy atom. The smallest absolute Gasteiger partial charge is 0.129 e. The average Bonchev–Trinajstić information content (AvgIpc) is 2.30. The summed E-state index contributed by atoms with van der Waals surface area (Å²) in [6.07, 6.45) is 1.54. The number of carbonyl (C=O) groups excluding carboxylic acids is 1. The third-order valence-electron chi connectivity index (χ3n) is 4.15. The molecule has 0 aromatic heterocycles. The summed E-state index contributed by atoms with van der Waals surface area (Å²) in [6.45, 7) is 10.4. The lowest BCUT2D eigenvalue weighted by Crippen LogP contribution is -2.23. The van der Waals surface area contributed by atoms with Crippen molar-refractivity contribution in [1.82, 2.24) is 4.90 Å². The van der Waals surface area contributed by atoms with Gasteiger partial charge in [-0.15, -0.1) is 0 Å². The first-order chi connectivity index (χ1) is 8.75. The molecule has 0 aliphatic carbocycles. The zero-order chi connectivity index (χ0) is 14.7. The van der Waals surface area contributed by atoms with Crippen LogP contribution in [0, 0.1) is 27.7 Å². The molecule has 0 N–H and O–H groups in total. The lowest BCUT2D eigenvalue weighted by atomic mass is 9.87. The number of benzene rings is 1. The Morgan fingerprint density at radius 2 is 1.58 bits per heavy atom. The maximum Gasteiger partial charge on any atom is 0.129 e. The van der Waals surface area contributed by atoms with Crippen molar-refractivity contribution in [3.8, 4) is 0 Å². The highest BCUT2D eigenvalue weighted by Gasteiger charge is 2.20. The minimum Gasteiger partial charge on any atom is -0.302 e. The van der Waals surface area contributed by atoms with Crippen LogP contribution < -0.4 is 0 Å². The Balaban J connectivity index is 3.26. The maximum atomic E-state index is 11.3. The largest absolute Gasteiger partial charge is 0.302 e. The lowest BCUT2D eigenvalue weighted by Gasteiger charge is -2.29. The zero-order valence-corrected chi connectivity index (χ0v) is 13.4. The van der Waals surface area contributed by atoms with Crippen molar-refractivity contribution in [2.24, 2.45) is 0 Å². The summed E-state index contributed by atoms with van der Waals surface area (Å²) in [4.78, 5) is 13.5. The third-order valence-corrected chi connectivity index (χ3v) is 4.15. The fourth-order valence-electron chi connectivity index (χ4n) is 2.75. The molecule has 0 spiro atoms. The number of aryl methyl sites for hydroxylation is 2. The molecule has 0 radical (unpaired) electrons. The highest BCUT2D eigenvalue weighted by molar-refractivity contribution is 5.75. The van der Waals surface area contributed by atoms with Gasteiger partial charge in [0.05, 0.1) is 0 Å². The van der Waals surface area contributed by atoms with Crippen LogP contribution in [0.15, 0.2) is 6.07 Å². The topological polar surface area (TPSA) is 20.3 Å². The van der Waals surface area contributed by atoms with E-state index in [1.54, 1.807) is 6.92 Å². The van der Waals surface area contributed by atoms with Gasteiger partial charge in [0.1, 0.15) is 5.78 Å². The van der Waals surface area contributed by atoms with Crippen LogP contribution >= 0.6 is 0 Å². The van der Waals surface area contributed by atoms with Crippen LogP contribution in [0.2, 0.25) is 0 Å². The predicted molar refractivity (Wildman–Crippen MR) is 81.7 cm³/mol. The summed E-state index contributed by atoms with van der Waals surface area (Å²) in [6, 6.07) is 2.58. The number of hydrogen-bond donors (Lipinski definition) is 0. The molecule has 19 heavy (non-hydrogen) atoms. The quantitative estimate of drug-likeness (QED) is 0.801. The molecule has 0 aliphatic rings. The maximum absolute atomic E-state index is 11.3. The van der Waals surface area contributed by atoms with E-state index in [1.165, 1.54) is 27.8 Å². The minimum atomic E-state index is 0.270. The Labute approximate surface area is 117 Å². The summed E-state index contributed by atoms with van der Waals surface area (Å²) >= 11 is 0. The summed E-state index contributed by atoms with van der Waals surface area (Å²) in [7, 11) is 4.20. The standard InChI is InChI=1S/C17H27NO/c1-11-10-12(2)15(5)17(14(11)4)16(18(6)7)9-8-13(3)19/h10,16H,8-9H2,1-7H3. The van der Waals surface area contributed by atoms with E-state index in [0.29, 0.717) is 12.5 Å². The first kappa shape index (κ1) is 15.9. The Hall–Kier alpha value is -1.15. The number of carbonyl (C=O) groups is 1. The van der Waals surface area contributed by atoms with E-state index < -0.39 is 0 Å². The molecule has 1 unspecified atom stereocenters. The molecule has 2 nitrogen and oxygen atoms in total. The van der Waals surface area contributed by atoms with Crippen LogP contribution in [0.5, 0.6) is 0 Å². The van der Waals surface area contributed by atoms with Gasteiger partial charge in [-0.3, -0.25) is 0 Å². The van der Waals surface area contributed by atoms with Crippen LogP contribution in [0.4, 0.5) is 0 Å². The van der Waals surface area contributed by atoms with Gasteiger partial charge in [0, 0.05) is 12.5 Å². The van der Waals surface area contributed by atoms with E-state index in [2.05, 4.69) is 52.8 Å². The van der Waals surface area contributed by atoms with E-state index in [-0.39, 0.29) is 5.78 Å². The molecule has 0 saturated carbocycles. The van der Waals surface area contributed by atoms with E-state index in [0.717, 1.165) is 6.42 Å². The molecule has 106 valence electrons. The van der Waals surface area contributed by atoms with Crippen molar-refractivity contribution in [2.45, 2.75) is 53.5 Å². The van der Waals surface area contributed by atoms with Gasteiger partial charge in [-0.1, -0.05) is 6.07 Å². The van der Waals surface area contributed by atoms with Gasteiger partial charge in [-0.2, -0.15) is 0 Å². The van der Waals surface area contributed by atoms with Gasteiger partial charge in [0.15, 0.2) is 0 Å². The molecule has 0 aliphatic heterocycles. The number of nitrogens with zero attached hydrogens (tertiary/aromatic N) is 1.